The number of amides is 2. The van der Waals surface area contributed by atoms with E-state index in [-0.39, 0.29) is 30.6 Å². The van der Waals surface area contributed by atoms with E-state index in [1.54, 1.807) is 0 Å². The van der Waals surface area contributed by atoms with Crippen molar-refractivity contribution in [1.82, 2.24) is 4.90 Å². The summed E-state index contributed by atoms with van der Waals surface area (Å²) in [6, 6.07) is -0.320. The smallest absolute Gasteiger partial charge is 0.417 e. The number of hydrogen-bond donors (Lipinski definition) is 0. The third kappa shape index (κ3) is 2.88. The minimum Gasteiger partial charge on any atom is -0.469 e. The Labute approximate surface area is 106 Å². The fourth-order valence-electron chi connectivity index (χ4n) is 1.65. The van der Waals surface area contributed by atoms with Gasteiger partial charge < -0.3 is 9.47 Å². The highest BCUT2D eigenvalue weighted by Gasteiger charge is 2.40. The molecule has 1 saturated heterocycles. The number of carbonyl (C=O) groups is 3. The number of nitrogens with zero attached hydrogens (tertiary/aromatic N) is 1. The van der Waals surface area contributed by atoms with Crippen LogP contribution in [-0.2, 0) is 19.1 Å². The van der Waals surface area contributed by atoms with Crippen molar-refractivity contribution in [3.8, 4) is 0 Å². The van der Waals surface area contributed by atoms with Crippen LogP contribution in [-0.4, -0.2) is 42.6 Å². The molecule has 0 unspecified atom stereocenters. The maximum Gasteiger partial charge on any atom is 0.417 e. The van der Waals surface area contributed by atoms with E-state index < -0.39 is 18.0 Å². The Hall–Kier alpha value is -1.85. The number of esters is 1. The Kier molecular flexibility index (Phi) is 4.47. The molecule has 6 heteroatoms. The maximum absolute atomic E-state index is 12.0. The minimum absolute atomic E-state index is 0.0198. The molecular weight excluding hydrogens is 238 g/mol. The summed E-state index contributed by atoms with van der Waals surface area (Å²) in [6.45, 7) is 7.46. The fourth-order valence-corrected chi connectivity index (χ4v) is 1.65. The molecule has 1 aliphatic rings. The van der Waals surface area contributed by atoms with Crippen LogP contribution in [0.5, 0.6) is 0 Å². The zero-order valence-corrected chi connectivity index (χ0v) is 10.8. The van der Waals surface area contributed by atoms with Gasteiger partial charge in [-0.3, -0.25) is 9.59 Å². The molecule has 6 nitrogen and oxygen atoms in total. The van der Waals surface area contributed by atoms with Gasteiger partial charge in [0.2, 0.25) is 0 Å². The lowest BCUT2D eigenvalue weighted by atomic mass is 10.0. The SMILES string of the molecule is C=C(CC(=O)OC)C(=O)N1C(=O)OC[C@@H]1C(C)C. The molecule has 1 heterocycles. The van der Waals surface area contributed by atoms with Crippen LogP contribution < -0.4 is 0 Å². The Bertz CT molecular complexity index is 388. The van der Waals surface area contributed by atoms with Gasteiger partial charge in [0, 0.05) is 5.57 Å². The standard InChI is InChI=1S/C12H17NO5/c1-7(2)9-6-18-12(16)13(9)11(15)8(3)5-10(14)17-4/h7,9H,3,5-6H2,1-2,4H3/t9-/m1/s1. The number of rotatable bonds is 4. The van der Waals surface area contributed by atoms with E-state index in [9.17, 15) is 14.4 Å². The Morgan fingerprint density at radius 1 is 1.56 bits per heavy atom. The van der Waals surface area contributed by atoms with Crippen molar-refractivity contribution in [2.24, 2.45) is 5.92 Å². The van der Waals surface area contributed by atoms with Crippen LogP contribution in [0.25, 0.3) is 0 Å². The molecule has 0 radical (unpaired) electrons. The van der Waals surface area contributed by atoms with E-state index in [1.165, 1.54) is 7.11 Å². The fraction of sp³-hybridized carbons (Fsp3) is 0.583. The van der Waals surface area contributed by atoms with Crippen molar-refractivity contribution in [2.75, 3.05) is 13.7 Å². The number of cyclic esters (lactones) is 1. The Morgan fingerprint density at radius 3 is 2.67 bits per heavy atom. The molecule has 0 spiro atoms. The molecule has 1 fully saturated rings. The van der Waals surface area contributed by atoms with Gasteiger partial charge in [-0.05, 0) is 5.92 Å². The predicted molar refractivity (Wildman–Crippen MR) is 62.6 cm³/mol. The molecule has 0 aromatic rings. The van der Waals surface area contributed by atoms with Crippen LogP contribution in [0.2, 0.25) is 0 Å². The van der Waals surface area contributed by atoms with Gasteiger partial charge in [-0.25, -0.2) is 9.69 Å². The molecule has 18 heavy (non-hydrogen) atoms. The van der Waals surface area contributed by atoms with Gasteiger partial charge in [0.1, 0.15) is 6.61 Å². The first kappa shape index (κ1) is 14.2. The Morgan fingerprint density at radius 2 is 2.17 bits per heavy atom. The molecule has 1 aliphatic heterocycles. The molecule has 0 N–H and O–H groups in total. The molecule has 0 aromatic heterocycles. The number of carbonyl (C=O) groups excluding carboxylic acids is 3. The minimum atomic E-state index is -0.690. The van der Waals surface area contributed by atoms with Crippen LogP contribution in [0.1, 0.15) is 20.3 Å². The summed E-state index contributed by atoms with van der Waals surface area (Å²) in [4.78, 5) is 35.6. The van der Waals surface area contributed by atoms with Crippen molar-refractivity contribution >= 4 is 18.0 Å². The molecule has 2 amide bonds. The zero-order chi connectivity index (χ0) is 13.9. The van der Waals surface area contributed by atoms with Gasteiger partial charge in [-0.2, -0.15) is 0 Å². The van der Waals surface area contributed by atoms with Gasteiger partial charge >= 0.3 is 12.1 Å². The first-order chi connectivity index (χ1) is 8.38. The highest BCUT2D eigenvalue weighted by Crippen LogP contribution is 2.22. The normalized spacial score (nSPS) is 18.8. The quantitative estimate of drug-likeness (QED) is 0.555. The third-order valence-corrected chi connectivity index (χ3v) is 2.78. The van der Waals surface area contributed by atoms with E-state index in [0.717, 1.165) is 4.90 Å². The van der Waals surface area contributed by atoms with Crippen molar-refractivity contribution in [1.29, 1.82) is 0 Å². The second-order valence-corrected chi connectivity index (χ2v) is 4.42. The van der Waals surface area contributed by atoms with Gasteiger partial charge in [0.25, 0.3) is 5.91 Å². The molecule has 1 rings (SSSR count). The van der Waals surface area contributed by atoms with Crippen LogP contribution in [0.15, 0.2) is 12.2 Å². The summed E-state index contributed by atoms with van der Waals surface area (Å²) in [6.07, 6.45) is -0.922. The van der Waals surface area contributed by atoms with Gasteiger partial charge in [-0.15, -0.1) is 0 Å². The number of imide groups is 1. The summed E-state index contributed by atoms with van der Waals surface area (Å²) in [5.41, 5.74) is 0.0198. The topological polar surface area (TPSA) is 72.9 Å². The second-order valence-electron chi connectivity index (χ2n) is 4.42. The van der Waals surface area contributed by atoms with E-state index in [2.05, 4.69) is 11.3 Å². The molecule has 100 valence electrons. The van der Waals surface area contributed by atoms with Crippen LogP contribution in [0.3, 0.4) is 0 Å². The zero-order valence-electron chi connectivity index (χ0n) is 10.8. The summed E-state index contributed by atoms with van der Waals surface area (Å²) in [5, 5.41) is 0. The lowest BCUT2D eigenvalue weighted by molar-refractivity contribution is -0.141. The number of hydrogen-bond acceptors (Lipinski definition) is 5. The predicted octanol–water partition coefficient (Wildman–Crippen LogP) is 1.11. The molecule has 0 aromatic carbocycles. The molecule has 0 saturated carbocycles. The van der Waals surface area contributed by atoms with Crippen LogP contribution in [0, 0.1) is 5.92 Å². The summed E-state index contributed by atoms with van der Waals surface area (Å²) >= 11 is 0. The van der Waals surface area contributed by atoms with Crippen LogP contribution in [0.4, 0.5) is 4.79 Å². The van der Waals surface area contributed by atoms with E-state index in [1.807, 2.05) is 13.8 Å². The van der Waals surface area contributed by atoms with Gasteiger partial charge in [0.05, 0.1) is 19.6 Å². The van der Waals surface area contributed by atoms with E-state index in [0.29, 0.717) is 0 Å². The third-order valence-electron chi connectivity index (χ3n) is 2.78. The number of ether oxygens (including phenoxy) is 2. The first-order valence-electron chi connectivity index (χ1n) is 5.63. The lowest BCUT2D eigenvalue weighted by Crippen LogP contribution is -2.42. The van der Waals surface area contributed by atoms with Crippen molar-refractivity contribution in [3.63, 3.8) is 0 Å². The molecular formula is C12H17NO5. The monoisotopic (exact) mass is 255 g/mol. The average molecular weight is 255 g/mol. The highest BCUT2D eigenvalue weighted by atomic mass is 16.6. The Balaban J connectivity index is 2.78. The molecule has 0 aliphatic carbocycles. The molecule has 1 atom stereocenters. The average Bonchev–Trinajstić information content (AvgIpc) is 2.69. The van der Waals surface area contributed by atoms with E-state index >= 15 is 0 Å². The highest BCUT2D eigenvalue weighted by molar-refractivity contribution is 6.05. The van der Waals surface area contributed by atoms with Crippen LogP contribution >= 0.6 is 0 Å². The van der Waals surface area contributed by atoms with Gasteiger partial charge in [-0.1, -0.05) is 20.4 Å². The first-order valence-corrected chi connectivity index (χ1v) is 5.63. The summed E-state index contributed by atoms with van der Waals surface area (Å²) in [5.74, 6) is -1.07. The lowest BCUT2D eigenvalue weighted by Gasteiger charge is -2.22. The number of methoxy groups -OCH3 is 1. The van der Waals surface area contributed by atoms with Gasteiger partial charge in [0.15, 0.2) is 0 Å². The van der Waals surface area contributed by atoms with Crippen molar-refractivity contribution in [3.05, 3.63) is 12.2 Å². The van der Waals surface area contributed by atoms with E-state index in [4.69, 9.17) is 4.74 Å². The summed E-state index contributed by atoms with van der Waals surface area (Å²) < 4.78 is 9.30. The van der Waals surface area contributed by atoms with Crippen molar-refractivity contribution in [2.45, 2.75) is 26.3 Å². The van der Waals surface area contributed by atoms with Crippen molar-refractivity contribution < 1.29 is 23.9 Å². The molecule has 0 bridgehead atoms. The maximum atomic E-state index is 12.0. The largest absolute Gasteiger partial charge is 0.469 e. The second kappa shape index (κ2) is 5.66. The summed E-state index contributed by atoms with van der Waals surface area (Å²) in [7, 11) is 1.22.